The van der Waals surface area contributed by atoms with Crippen molar-refractivity contribution in [3.05, 3.63) is 23.8 Å². The van der Waals surface area contributed by atoms with Crippen molar-refractivity contribution >= 4 is 11.6 Å². The van der Waals surface area contributed by atoms with Crippen LogP contribution in [-0.2, 0) is 4.79 Å². The lowest BCUT2D eigenvalue weighted by molar-refractivity contribution is -0.120. The van der Waals surface area contributed by atoms with Gasteiger partial charge >= 0.3 is 0 Å². The summed E-state index contributed by atoms with van der Waals surface area (Å²) in [5.74, 6) is -0.0485. The Morgan fingerprint density at radius 1 is 1.47 bits per heavy atom. The van der Waals surface area contributed by atoms with E-state index < -0.39 is 5.54 Å². The minimum absolute atomic E-state index is 0.208. The molecule has 0 unspecified atom stereocenters. The molecule has 0 aliphatic rings. The van der Waals surface area contributed by atoms with Crippen molar-refractivity contribution in [2.24, 2.45) is 5.73 Å². The van der Waals surface area contributed by atoms with E-state index >= 15 is 0 Å². The van der Waals surface area contributed by atoms with Gasteiger partial charge in [0.2, 0.25) is 5.91 Å². The Kier molecular flexibility index (Phi) is 3.00. The highest BCUT2D eigenvalue weighted by Gasteiger charge is 2.21. The first kappa shape index (κ1) is 11.5. The minimum atomic E-state index is -0.911. The van der Waals surface area contributed by atoms with Gasteiger partial charge < -0.3 is 16.2 Å². The van der Waals surface area contributed by atoms with Gasteiger partial charge in [-0.15, -0.1) is 0 Å². The van der Waals surface area contributed by atoms with E-state index in [1.807, 2.05) is 0 Å². The first-order valence-electron chi connectivity index (χ1n) is 4.70. The Bertz CT molecular complexity index is 381. The quantitative estimate of drug-likeness (QED) is 0.643. The third-order valence-corrected chi connectivity index (χ3v) is 2.04. The second-order valence-electron chi connectivity index (χ2n) is 4.18. The van der Waals surface area contributed by atoms with E-state index in [1.54, 1.807) is 32.9 Å². The molecule has 0 bridgehead atoms. The Labute approximate surface area is 89.1 Å². The van der Waals surface area contributed by atoms with Crippen LogP contribution in [0.25, 0.3) is 0 Å². The van der Waals surface area contributed by atoms with Crippen molar-refractivity contribution in [1.29, 1.82) is 0 Å². The van der Waals surface area contributed by atoms with Gasteiger partial charge in [-0.2, -0.15) is 0 Å². The van der Waals surface area contributed by atoms with Crippen LogP contribution in [0.4, 0.5) is 5.69 Å². The van der Waals surface area contributed by atoms with Crippen LogP contribution in [0, 0.1) is 6.92 Å². The molecule has 0 saturated carbocycles. The summed E-state index contributed by atoms with van der Waals surface area (Å²) in [5.41, 5.74) is 6.07. The smallest absolute Gasteiger partial charge is 0.243 e. The molecule has 0 aliphatic heterocycles. The van der Waals surface area contributed by atoms with Crippen molar-refractivity contribution in [2.75, 3.05) is 5.32 Å². The molecule has 0 heterocycles. The Morgan fingerprint density at radius 3 is 2.53 bits per heavy atom. The molecule has 1 aromatic rings. The van der Waals surface area contributed by atoms with Gasteiger partial charge in [-0.1, -0.05) is 0 Å². The number of phenolic OH excluding ortho intramolecular Hbond substituents is 1. The molecule has 0 radical (unpaired) electrons. The van der Waals surface area contributed by atoms with Gasteiger partial charge in [-0.25, -0.2) is 0 Å². The van der Waals surface area contributed by atoms with Gasteiger partial charge in [0.1, 0.15) is 5.75 Å². The van der Waals surface area contributed by atoms with E-state index in [-0.39, 0.29) is 11.7 Å². The highest BCUT2D eigenvalue weighted by Crippen LogP contribution is 2.20. The number of hydrogen-bond acceptors (Lipinski definition) is 3. The molecule has 1 amide bonds. The number of aryl methyl sites for hydroxylation is 1. The molecule has 4 heteroatoms. The monoisotopic (exact) mass is 208 g/mol. The zero-order chi connectivity index (χ0) is 11.6. The molecule has 0 spiro atoms. The molecule has 0 saturated heterocycles. The van der Waals surface area contributed by atoms with Crippen LogP contribution >= 0.6 is 0 Å². The maximum atomic E-state index is 11.5. The molecule has 0 atom stereocenters. The number of aromatic hydroxyl groups is 1. The molecule has 1 rings (SSSR count). The van der Waals surface area contributed by atoms with Gasteiger partial charge in [0.15, 0.2) is 0 Å². The van der Waals surface area contributed by atoms with E-state index in [4.69, 9.17) is 5.73 Å². The van der Waals surface area contributed by atoms with Crippen LogP contribution in [0.1, 0.15) is 19.4 Å². The second-order valence-corrected chi connectivity index (χ2v) is 4.18. The fraction of sp³-hybridized carbons (Fsp3) is 0.364. The summed E-state index contributed by atoms with van der Waals surface area (Å²) < 4.78 is 0. The molecule has 0 aromatic heterocycles. The van der Waals surface area contributed by atoms with Crippen molar-refractivity contribution < 1.29 is 9.90 Å². The summed E-state index contributed by atoms with van der Waals surface area (Å²) in [6, 6.07) is 4.86. The molecule has 15 heavy (non-hydrogen) atoms. The van der Waals surface area contributed by atoms with Crippen molar-refractivity contribution in [3.63, 3.8) is 0 Å². The summed E-state index contributed by atoms with van der Waals surface area (Å²) in [4.78, 5) is 11.5. The third-order valence-electron chi connectivity index (χ3n) is 2.04. The standard InChI is InChI=1S/C11H16N2O2/c1-7-6-8(4-5-9(7)14)13-10(15)11(2,3)12/h4-6,14H,12H2,1-3H3,(H,13,15). The zero-order valence-electron chi connectivity index (χ0n) is 9.16. The van der Waals surface area contributed by atoms with Gasteiger partial charge in [0.05, 0.1) is 5.54 Å². The molecule has 0 aliphatic carbocycles. The summed E-state index contributed by atoms with van der Waals surface area (Å²) >= 11 is 0. The Hall–Kier alpha value is -1.55. The molecule has 0 fully saturated rings. The first-order valence-corrected chi connectivity index (χ1v) is 4.70. The molecule has 82 valence electrons. The van der Waals surface area contributed by atoms with Crippen LogP contribution in [0.2, 0.25) is 0 Å². The van der Waals surface area contributed by atoms with Crippen molar-refractivity contribution in [1.82, 2.24) is 0 Å². The zero-order valence-corrected chi connectivity index (χ0v) is 9.16. The lowest BCUT2D eigenvalue weighted by atomic mass is 10.1. The first-order chi connectivity index (χ1) is 6.80. The maximum Gasteiger partial charge on any atom is 0.243 e. The predicted octanol–water partition coefficient (Wildman–Crippen LogP) is 1.38. The predicted molar refractivity (Wildman–Crippen MR) is 59.7 cm³/mol. The number of anilines is 1. The molecule has 4 N–H and O–H groups in total. The molecule has 4 nitrogen and oxygen atoms in total. The van der Waals surface area contributed by atoms with Gasteiger partial charge in [-0.05, 0) is 44.5 Å². The largest absolute Gasteiger partial charge is 0.508 e. The number of nitrogens with two attached hydrogens (primary N) is 1. The summed E-state index contributed by atoms with van der Waals surface area (Å²) in [5, 5.41) is 12.0. The topological polar surface area (TPSA) is 75.4 Å². The van der Waals surface area contributed by atoms with Crippen LogP contribution in [0.3, 0.4) is 0 Å². The van der Waals surface area contributed by atoms with E-state index in [0.717, 1.165) is 0 Å². The van der Waals surface area contributed by atoms with Crippen molar-refractivity contribution in [3.8, 4) is 5.75 Å². The number of phenols is 1. The van der Waals surface area contributed by atoms with Crippen LogP contribution in [0.5, 0.6) is 5.75 Å². The number of rotatable bonds is 2. The van der Waals surface area contributed by atoms with Crippen LogP contribution < -0.4 is 11.1 Å². The third kappa shape index (κ3) is 2.95. The summed E-state index contributed by atoms with van der Waals surface area (Å²) in [6.07, 6.45) is 0. The number of benzene rings is 1. The maximum absolute atomic E-state index is 11.5. The average molecular weight is 208 g/mol. The summed E-state index contributed by atoms with van der Waals surface area (Å²) in [6.45, 7) is 5.03. The second kappa shape index (κ2) is 3.90. The lowest BCUT2D eigenvalue weighted by Crippen LogP contribution is -2.45. The summed E-state index contributed by atoms with van der Waals surface area (Å²) in [7, 11) is 0. The number of nitrogens with one attached hydrogen (secondary N) is 1. The van der Waals surface area contributed by atoms with Gasteiger partial charge in [0, 0.05) is 5.69 Å². The fourth-order valence-electron chi connectivity index (χ4n) is 1.03. The molecule has 1 aromatic carbocycles. The number of carbonyl (C=O) groups excluding carboxylic acids is 1. The van der Waals surface area contributed by atoms with Crippen LogP contribution in [-0.4, -0.2) is 16.6 Å². The van der Waals surface area contributed by atoms with Gasteiger partial charge in [-0.3, -0.25) is 4.79 Å². The highest BCUT2D eigenvalue weighted by atomic mass is 16.3. The molecular formula is C11H16N2O2. The SMILES string of the molecule is Cc1cc(NC(=O)C(C)(C)N)ccc1O. The molecular weight excluding hydrogens is 192 g/mol. The Balaban J connectivity index is 2.83. The van der Waals surface area contributed by atoms with E-state index in [0.29, 0.717) is 11.3 Å². The van der Waals surface area contributed by atoms with E-state index in [9.17, 15) is 9.90 Å². The minimum Gasteiger partial charge on any atom is -0.508 e. The van der Waals surface area contributed by atoms with Crippen molar-refractivity contribution in [2.45, 2.75) is 26.3 Å². The number of amides is 1. The van der Waals surface area contributed by atoms with E-state index in [1.165, 1.54) is 6.07 Å². The highest BCUT2D eigenvalue weighted by molar-refractivity contribution is 5.97. The lowest BCUT2D eigenvalue weighted by Gasteiger charge is -2.18. The number of carbonyl (C=O) groups is 1. The average Bonchev–Trinajstić information content (AvgIpc) is 2.10. The number of hydrogen-bond donors (Lipinski definition) is 3. The fourth-order valence-corrected chi connectivity index (χ4v) is 1.03. The van der Waals surface area contributed by atoms with Crippen LogP contribution in [0.15, 0.2) is 18.2 Å². The van der Waals surface area contributed by atoms with Gasteiger partial charge in [0.25, 0.3) is 0 Å². The normalized spacial score (nSPS) is 11.2. The Morgan fingerprint density at radius 2 is 2.07 bits per heavy atom. The van der Waals surface area contributed by atoms with E-state index in [2.05, 4.69) is 5.32 Å².